The van der Waals surface area contributed by atoms with Gasteiger partial charge in [-0.2, -0.15) is 0 Å². The third-order valence-corrected chi connectivity index (χ3v) is 3.56. The molecule has 0 amide bonds. The average Bonchev–Trinajstić information content (AvgIpc) is 3.09. The number of aryl methyl sites for hydroxylation is 1. The molecule has 4 rings (SSSR count). The third kappa shape index (κ3) is 2.16. The number of ether oxygens (including phenoxy) is 2. The van der Waals surface area contributed by atoms with Crippen molar-refractivity contribution in [2.45, 2.75) is 13.5 Å². The molecule has 0 fully saturated rings. The number of nitrogens with one attached hydrogen (secondary N) is 2. The van der Waals surface area contributed by atoms with Gasteiger partial charge in [-0.15, -0.1) is 0 Å². The van der Waals surface area contributed by atoms with Crippen LogP contribution in [0, 0.1) is 6.92 Å². The highest BCUT2D eigenvalue weighted by molar-refractivity contribution is 5.79. The van der Waals surface area contributed by atoms with Crippen molar-refractivity contribution in [3.63, 3.8) is 0 Å². The molecule has 0 atom stereocenters. The maximum absolute atomic E-state index is 5.51. The predicted molar refractivity (Wildman–Crippen MR) is 80.7 cm³/mol. The van der Waals surface area contributed by atoms with Crippen molar-refractivity contribution in [3.05, 3.63) is 47.8 Å². The second kappa shape index (κ2) is 4.70. The van der Waals surface area contributed by atoms with Crippen molar-refractivity contribution >= 4 is 16.7 Å². The van der Waals surface area contributed by atoms with Gasteiger partial charge in [0.25, 0.3) is 0 Å². The zero-order chi connectivity index (χ0) is 14.2. The molecule has 0 radical (unpaired) electrons. The molecule has 21 heavy (non-hydrogen) atoms. The second-order valence-electron chi connectivity index (χ2n) is 5.06. The van der Waals surface area contributed by atoms with Crippen LogP contribution in [0.4, 0.5) is 5.69 Å². The van der Waals surface area contributed by atoms with Gasteiger partial charge in [-0.1, -0.05) is 12.1 Å². The lowest BCUT2D eigenvalue weighted by atomic mass is 10.2. The molecule has 1 aliphatic rings. The van der Waals surface area contributed by atoms with E-state index in [2.05, 4.69) is 21.4 Å². The van der Waals surface area contributed by atoms with E-state index in [9.17, 15) is 0 Å². The molecule has 0 unspecified atom stereocenters. The van der Waals surface area contributed by atoms with E-state index < -0.39 is 0 Å². The standard InChI is InChI=1S/C16H15N3O2/c1-10-18-13-6-5-12(7-14(13)19-10)17-8-11-3-2-4-15-16(11)21-9-20-15/h2-7,17H,8-9H2,1H3,(H,18,19). The minimum Gasteiger partial charge on any atom is -0.454 e. The van der Waals surface area contributed by atoms with Gasteiger partial charge in [-0.05, 0) is 31.2 Å². The molecule has 0 spiro atoms. The van der Waals surface area contributed by atoms with E-state index in [-0.39, 0.29) is 0 Å². The molecule has 1 aliphatic heterocycles. The molecule has 0 saturated heterocycles. The van der Waals surface area contributed by atoms with Crippen molar-refractivity contribution in [1.29, 1.82) is 0 Å². The molecule has 2 N–H and O–H groups in total. The Hall–Kier alpha value is -2.69. The van der Waals surface area contributed by atoms with Gasteiger partial charge in [0.1, 0.15) is 5.82 Å². The number of benzene rings is 2. The van der Waals surface area contributed by atoms with Gasteiger partial charge in [0.05, 0.1) is 11.0 Å². The van der Waals surface area contributed by atoms with Crippen molar-refractivity contribution in [3.8, 4) is 11.5 Å². The van der Waals surface area contributed by atoms with E-state index in [1.165, 1.54) is 0 Å². The van der Waals surface area contributed by atoms with Crippen LogP contribution >= 0.6 is 0 Å². The minimum absolute atomic E-state index is 0.297. The Balaban J connectivity index is 1.57. The molecule has 5 heteroatoms. The molecule has 106 valence electrons. The van der Waals surface area contributed by atoms with Crippen molar-refractivity contribution in [2.75, 3.05) is 12.1 Å². The average molecular weight is 281 g/mol. The van der Waals surface area contributed by atoms with Crippen molar-refractivity contribution < 1.29 is 9.47 Å². The van der Waals surface area contributed by atoms with E-state index in [1.54, 1.807) is 0 Å². The van der Waals surface area contributed by atoms with E-state index in [0.29, 0.717) is 13.3 Å². The first kappa shape index (κ1) is 12.1. The topological polar surface area (TPSA) is 59.2 Å². The first-order chi connectivity index (χ1) is 10.3. The fraction of sp³-hybridized carbons (Fsp3) is 0.188. The summed E-state index contributed by atoms with van der Waals surface area (Å²) in [5.74, 6) is 2.57. The normalized spacial score (nSPS) is 12.8. The highest BCUT2D eigenvalue weighted by atomic mass is 16.7. The highest BCUT2D eigenvalue weighted by Gasteiger charge is 2.16. The Morgan fingerprint density at radius 2 is 2.19 bits per heavy atom. The number of aromatic amines is 1. The molecule has 0 aliphatic carbocycles. The van der Waals surface area contributed by atoms with E-state index in [1.807, 2.05) is 37.3 Å². The van der Waals surface area contributed by atoms with Crippen LogP contribution in [0.5, 0.6) is 11.5 Å². The number of hydrogen-bond donors (Lipinski definition) is 2. The summed E-state index contributed by atoms with van der Waals surface area (Å²) in [6.45, 7) is 2.94. The monoisotopic (exact) mass is 281 g/mol. The van der Waals surface area contributed by atoms with E-state index in [4.69, 9.17) is 9.47 Å². The van der Waals surface area contributed by atoms with Crippen LogP contribution in [-0.2, 0) is 6.54 Å². The van der Waals surface area contributed by atoms with Gasteiger partial charge in [-0.25, -0.2) is 4.98 Å². The molecule has 2 aromatic carbocycles. The zero-order valence-electron chi connectivity index (χ0n) is 11.6. The van der Waals surface area contributed by atoms with E-state index >= 15 is 0 Å². The minimum atomic E-state index is 0.297. The maximum atomic E-state index is 5.51. The fourth-order valence-corrected chi connectivity index (χ4v) is 2.57. The lowest BCUT2D eigenvalue weighted by Gasteiger charge is -2.09. The van der Waals surface area contributed by atoms with Crippen LogP contribution in [0.25, 0.3) is 11.0 Å². The number of nitrogens with zero attached hydrogens (tertiary/aromatic N) is 1. The zero-order valence-corrected chi connectivity index (χ0v) is 11.6. The van der Waals surface area contributed by atoms with Crippen LogP contribution < -0.4 is 14.8 Å². The lowest BCUT2D eigenvalue weighted by molar-refractivity contribution is 0.173. The fourth-order valence-electron chi connectivity index (χ4n) is 2.57. The summed E-state index contributed by atoms with van der Waals surface area (Å²) >= 11 is 0. The quantitative estimate of drug-likeness (QED) is 0.774. The van der Waals surface area contributed by atoms with Crippen LogP contribution in [0.1, 0.15) is 11.4 Å². The molecule has 0 bridgehead atoms. The number of para-hydroxylation sites is 1. The smallest absolute Gasteiger partial charge is 0.231 e. The van der Waals surface area contributed by atoms with Gasteiger partial charge < -0.3 is 19.8 Å². The van der Waals surface area contributed by atoms with Crippen molar-refractivity contribution in [2.24, 2.45) is 0 Å². The molecule has 5 nitrogen and oxygen atoms in total. The second-order valence-corrected chi connectivity index (χ2v) is 5.06. The number of aromatic nitrogens is 2. The summed E-state index contributed by atoms with van der Waals surface area (Å²) in [4.78, 5) is 7.64. The molecule has 0 saturated carbocycles. The lowest BCUT2D eigenvalue weighted by Crippen LogP contribution is -2.01. The van der Waals surface area contributed by atoms with Gasteiger partial charge in [0, 0.05) is 17.8 Å². The summed E-state index contributed by atoms with van der Waals surface area (Å²) in [6.07, 6.45) is 0. The number of anilines is 1. The summed E-state index contributed by atoms with van der Waals surface area (Å²) in [5.41, 5.74) is 4.15. The number of imidazole rings is 1. The summed E-state index contributed by atoms with van der Waals surface area (Å²) in [6, 6.07) is 12.0. The molecular formula is C16H15N3O2. The Morgan fingerprint density at radius 3 is 3.14 bits per heavy atom. The Morgan fingerprint density at radius 1 is 1.24 bits per heavy atom. The van der Waals surface area contributed by atoms with Crippen LogP contribution in [-0.4, -0.2) is 16.8 Å². The number of fused-ring (bicyclic) bond motifs is 2. The molecular weight excluding hydrogens is 266 g/mol. The predicted octanol–water partition coefficient (Wildman–Crippen LogP) is 3.21. The molecule has 3 aromatic rings. The Labute approximate surface area is 121 Å². The van der Waals surface area contributed by atoms with Gasteiger partial charge in [0.15, 0.2) is 11.5 Å². The van der Waals surface area contributed by atoms with E-state index in [0.717, 1.165) is 39.6 Å². The summed E-state index contributed by atoms with van der Waals surface area (Å²) in [5, 5.41) is 3.41. The first-order valence-electron chi connectivity index (χ1n) is 6.87. The van der Waals surface area contributed by atoms with Crippen LogP contribution in [0.2, 0.25) is 0 Å². The van der Waals surface area contributed by atoms with Crippen molar-refractivity contribution in [1.82, 2.24) is 9.97 Å². The largest absolute Gasteiger partial charge is 0.454 e. The van der Waals surface area contributed by atoms with Crippen LogP contribution in [0.15, 0.2) is 36.4 Å². The van der Waals surface area contributed by atoms with Crippen LogP contribution in [0.3, 0.4) is 0 Å². The first-order valence-corrected chi connectivity index (χ1v) is 6.87. The molecule has 2 heterocycles. The summed E-state index contributed by atoms with van der Waals surface area (Å²) in [7, 11) is 0. The Bertz CT molecular complexity index is 810. The third-order valence-electron chi connectivity index (χ3n) is 3.56. The SMILES string of the molecule is Cc1nc2ccc(NCc3cccc4c3OCO4)cc2[nH]1. The number of hydrogen-bond acceptors (Lipinski definition) is 4. The van der Waals surface area contributed by atoms with Gasteiger partial charge in [0.2, 0.25) is 6.79 Å². The Kier molecular flexibility index (Phi) is 2.70. The number of H-pyrrole nitrogens is 1. The summed E-state index contributed by atoms with van der Waals surface area (Å²) < 4.78 is 10.9. The molecule has 1 aromatic heterocycles. The highest BCUT2D eigenvalue weighted by Crippen LogP contribution is 2.35. The maximum Gasteiger partial charge on any atom is 0.231 e. The number of rotatable bonds is 3. The van der Waals surface area contributed by atoms with Gasteiger partial charge >= 0.3 is 0 Å². The van der Waals surface area contributed by atoms with Gasteiger partial charge in [-0.3, -0.25) is 0 Å².